The van der Waals surface area contributed by atoms with Crippen LogP contribution in [-0.4, -0.2) is 43.4 Å². The van der Waals surface area contributed by atoms with Crippen molar-refractivity contribution in [2.24, 2.45) is 0 Å². The van der Waals surface area contributed by atoms with Gasteiger partial charge in [-0.2, -0.15) is 0 Å². The molecule has 19 heavy (non-hydrogen) atoms. The Kier molecular flexibility index (Phi) is 6.80. The largest absolute Gasteiger partial charge is 0.394 e. The van der Waals surface area contributed by atoms with Crippen molar-refractivity contribution < 1.29 is 14.8 Å². The summed E-state index contributed by atoms with van der Waals surface area (Å²) in [6.07, 6.45) is 0. The topological polar surface area (TPSA) is 96.7 Å². The smallest absolute Gasteiger partial charge is 0.292 e. The number of benzene rings is 1. The summed E-state index contributed by atoms with van der Waals surface area (Å²) in [6, 6.07) is 5.07. The number of nitro benzene ring substituents is 1. The van der Waals surface area contributed by atoms with Gasteiger partial charge in [0.2, 0.25) is 0 Å². The second kappa shape index (κ2) is 8.41. The van der Waals surface area contributed by atoms with E-state index in [0.717, 1.165) is 5.56 Å². The summed E-state index contributed by atoms with van der Waals surface area (Å²) in [5, 5.41) is 25.3. The lowest BCUT2D eigenvalue weighted by atomic mass is 10.1. The molecule has 0 atom stereocenters. The van der Waals surface area contributed by atoms with Crippen molar-refractivity contribution in [2.45, 2.75) is 6.54 Å². The van der Waals surface area contributed by atoms with E-state index in [-0.39, 0.29) is 12.3 Å². The van der Waals surface area contributed by atoms with E-state index in [1.165, 1.54) is 0 Å². The second-order valence-corrected chi connectivity index (χ2v) is 3.87. The first-order chi connectivity index (χ1) is 9.19. The summed E-state index contributed by atoms with van der Waals surface area (Å²) in [5.41, 5.74) is 1.41. The zero-order valence-corrected chi connectivity index (χ0v) is 10.9. The summed E-state index contributed by atoms with van der Waals surface area (Å²) in [7, 11) is 1.65. The Morgan fingerprint density at radius 2 is 2.21 bits per heavy atom. The fourth-order valence-electron chi connectivity index (χ4n) is 1.59. The van der Waals surface area contributed by atoms with Crippen molar-refractivity contribution in [3.8, 4) is 0 Å². The highest BCUT2D eigenvalue weighted by molar-refractivity contribution is 5.62. The summed E-state index contributed by atoms with van der Waals surface area (Å²) in [4.78, 5) is 10.5. The van der Waals surface area contributed by atoms with Gasteiger partial charge in [0.1, 0.15) is 5.69 Å². The number of aliphatic hydroxyl groups excluding tert-OH is 1. The molecule has 0 aliphatic carbocycles. The van der Waals surface area contributed by atoms with E-state index in [4.69, 9.17) is 9.84 Å². The Balaban J connectivity index is 2.46. The van der Waals surface area contributed by atoms with Gasteiger partial charge in [0.15, 0.2) is 0 Å². The highest BCUT2D eigenvalue weighted by Gasteiger charge is 2.12. The zero-order valence-electron chi connectivity index (χ0n) is 10.9. The van der Waals surface area contributed by atoms with Crippen LogP contribution in [0.3, 0.4) is 0 Å². The molecule has 0 saturated carbocycles. The molecule has 1 rings (SSSR count). The van der Waals surface area contributed by atoms with E-state index >= 15 is 0 Å². The average molecular weight is 269 g/mol. The minimum atomic E-state index is -0.403. The Hall–Kier alpha value is -1.70. The Morgan fingerprint density at radius 1 is 1.42 bits per heavy atom. The van der Waals surface area contributed by atoms with Gasteiger partial charge in [0.25, 0.3) is 5.69 Å². The third-order valence-electron chi connectivity index (χ3n) is 2.52. The number of hydrogen-bond acceptors (Lipinski definition) is 6. The number of aliphatic hydroxyl groups is 1. The SMILES string of the molecule is CNc1ccc(CNCCOCCO)cc1[N+](=O)[O-]. The van der Waals surface area contributed by atoms with Gasteiger partial charge in [-0.15, -0.1) is 0 Å². The summed E-state index contributed by atoms with van der Waals surface area (Å²) >= 11 is 0. The normalized spacial score (nSPS) is 10.4. The fraction of sp³-hybridized carbons (Fsp3) is 0.500. The molecule has 0 aromatic heterocycles. The Labute approximate surface area is 111 Å². The average Bonchev–Trinajstić information content (AvgIpc) is 2.42. The van der Waals surface area contributed by atoms with Crippen LogP contribution < -0.4 is 10.6 Å². The monoisotopic (exact) mass is 269 g/mol. The molecule has 0 saturated heterocycles. The molecule has 0 radical (unpaired) electrons. The van der Waals surface area contributed by atoms with Gasteiger partial charge in [-0.3, -0.25) is 10.1 Å². The predicted molar refractivity (Wildman–Crippen MR) is 72.3 cm³/mol. The molecule has 1 aromatic rings. The predicted octanol–water partition coefficient (Wildman–Crippen LogP) is 0.735. The second-order valence-electron chi connectivity index (χ2n) is 3.87. The van der Waals surface area contributed by atoms with Crippen LogP contribution in [0.25, 0.3) is 0 Å². The molecule has 106 valence electrons. The lowest BCUT2D eigenvalue weighted by Gasteiger charge is -2.07. The summed E-state index contributed by atoms with van der Waals surface area (Å²) in [5.74, 6) is 0. The van der Waals surface area contributed by atoms with E-state index < -0.39 is 4.92 Å². The van der Waals surface area contributed by atoms with Crippen molar-refractivity contribution in [3.05, 3.63) is 33.9 Å². The van der Waals surface area contributed by atoms with Crippen LogP contribution in [-0.2, 0) is 11.3 Å². The van der Waals surface area contributed by atoms with E-state index in [1.807, 2.05) is 6.07 Å². The molecule has 0 heterocycles. The number of ether oxygens (including phenoxy) is 1. The maximum absolute atomic E-state index is 10.9. The minimum absolute atomic E-state index is 0.0116. The molecule has 0 amide bonds. The highest BCUT2D eigenvalue weighted by Crippen LogP contribution is 2.24. The number of anilines is 1. The van der Waals surface area contributed by atoms with Gasteiger partial charge in [0, 0.05) is 26.2 Å². The van der Waals surface area contributed by atoms with E-state index in [0.29, 0.717) is 32.0 Å². The van der Waals surface area contributed by atoms with Crippen molar-refractivity contribution >= 4 is 11.4 Å². The van der Waals surface area contributed by atoms with Crippen LogP contribution in [0.1, 0.15) is 5.56 Å². The molecule has 0 spiro atoms. The van der Waals surface area contributed by atoms with E-state index in [9.17, 15) is 10.1 Å². The molecular formula is C12H19N3O4. The van der Waals surface area contributed by atoms with Gasteiger partial charge >= 0.3 is 0 Å². The summed E-state index contributed by atoms with van der Waals surface area (Å²) in [6.45, 7) is 1.99. The van der Waals surface area contributed by atoms with Gasteiger partial charge < -0.3 is 20.5 Å². The van der Waals surface area contributed by atoms with Crippen LogP contribution in [0.2, 0.25) is 0 Å². The van der Waals surface area contributed by atoms with Crippen molar-refractivity contribution in [1.29, 1.82) is 0 Å². The van der Waals surface area contributed by atoms with Gasteiger partial charge in [-0.05, 0) is 11.6 Å². The number of hydrogen-bond donors (Lipinski definition) is 3. The molecule has 0 aliphatic rings. The van der Waals surface area contributed by atoms with Crippen LogP contribution in [0.5, 0.6) is 0 Å². The van der Waals surface area contributed by atoms with Gasteiger partial charge in [-0.25, -0.2) is 0 Å². The molecule has 0 bridgehead atoms. The zero-order chi connectivity index (χ0) is 14.1. The van der Waals surface area contributed by atoms with E-state index in [2.05, 4.69) is 10.6 Å². The molecule has 3 N–H and O–H groups in total. The van der Waals surface area contributed by atoms with Crippen molar-refractivity contribution in [2.75, 3.05) is 38.7 Å². The first-order valence-electron chi connectivity index (χ1n) is 6.03. The molecule has 0 unspecified atom stereocenters. The lowest BCUT2D eigenvalue weighted by Crippen LogP contribution is -2.20. The number of nitrogens with one attached hydrogen (secondary N) is 2. The lowest BCUT2D eigenvalue weighted by molar-refractivity contribution is -0.384. The first-order valence-corrected chi connectivity index (χ1v) is 6.03. The minimum Gasteiger partial charge on any atom is -0.394 e. The van der Waals surface area contributed by atoms with Crippen LogP contribution >= 0.6 is 0 Å². The standard InChI is InChI=1S/C12H19N3O4/c1-13-11-3-2-10(8-12(11)15(17)18)9-14-4-6-19-7-5-16/h2-3,8,13-14,16H,4-7,9H2,1H3. The maximum atomic E-state index is 10.9. The number of rotatable bonds is 9. The van der Waals surface area contributed by atoms with Crippen LogP contribution in [0.4, 0.5) is 11.4 Å². The van der Waals surface area contributed by atoms with Crippen molar-refractivity contribution in [1.82, 2.24) is 5.32 Å². The summed E-state index contributed by atoms with van der Waals surface area (Å²) < 4.78 is 5.09. The molecule has 7 heteroatoms. The number of nitro groups is 1. The Bertz CT molecular complexity index is 412. The van der Waals surface area contributed by atoms with Gasteiger partial charge in [-0.1, -0.05) is 6.07 Å². The third-order valence-corrected chi connectivity index (χ3v) is 2.52. The third kappa shape index (κ3) is 5.21. The van der Waals surface area contributed by atoms with Gasteiger partial charge in [0.05, 0.1) is 24.7 Å². The number of nitrogens with zero attached hydrogens (tertiary/aromatic N) is 1. The van der Waals surface area contributed by atoms with E-state index in [1.54, 1.807) is 19.2 Å². The Morgan fingerprint density at radius 3 is 2.84 bits per heavy atom. The van der Waals surface area contributed by atoms with Crippen LogP contribution in [0.15, 0.2) is 18.2 Å². The van der Waals surface area contributed by atoms with Crippen LogP contribution in [0, 0.1) is 10.1 Å². The molecule has 0 aliphatic heterocycles. The quantitative estimate of drug-likeness (QED) is 0.347. The maximum Gasteiger partial charge on any atom is 0.292 e. The molecular weight excluding hydrogens is 250 g/mol. The molecule has 1 aromatic carbocycles. The molecule has 7 nitrogen and oxygen atoms in total. The van der Waals surface area contributed by atoms with Crippen molar-refractivity contribution in [3.63, 3.8) is 0 Å². The highest BCUT2D eigenvalue weighted by atomic mass is 16.6. The first kappa shape index (κ1) is 15.4. The fourth-order valence-corrected chi connectivity index (χ4v) is 1.59. The molecule has 0 fully saturated rings.